The number of furan rings is 1. The normalized spacial score (nSPS) is 14.8. The van der Waals surface area contributed by atoms with Crippen molar-refractivity contribution in [1.82, 2.24) is 0 Å². The maximum Gasteiger partial charge on any atom is 0.272 e. The number of amides is 1. The van der Waals surface area contributed by atoms with Gasteiger partial charge in [0.2, 0.25) is 6.10 Å². The molecule has 5 rings (SSSR count). The fraction of sp³-hybridized carbons (Fsp3) is 0.115. The maximum absolute atomic E-state index is 13.5. The summed E-state index contributed by atoms with van der Waals surface area (Å²) in [6.45, 7) is 0.463. The molecule has 31 heavy (non-hydrogen) atoms. The molecule has 0 radical (unpaired) electrons. The van der Waals surface area contributed by atoms with Crippen LogP contribution in [0, 0.1) is 0 Å². The first-order chi connectivity index (χ1) is 15.3. The Bertz CT molecular complexity index is 1150. The zero-order chi connectivity index (χ0) is 21.0. The number of carbonyl (C=O) groups excluding carboxylic acids is 1. The lowest BCUT2D eigenvalue weighted by Gasteiger charge is -2.30. The molecule has 0 aliphatic carbocycles. The summed E-state index contributed by atoms with van der Waals surface area (Å²) in [4.78, 5) is 15.1. The molecule has 0 saturated heterocycles. The van der Waals surface area contributed by atoms with Crippen LogP contribution in [0.3, 0.4) is 0 Å². The van der Waals surface area contributed by atoms with Gasteiger partial charge in [0.25, 0.3) is 5.91 Å². The Morgan fingerprint density at radius 1 is 0.806 bits per heavy atom. The monoisotopic (exact) mass is 411 g/mol. The molecule has 5 heteroatoms. The zero-order valence-corrected chi connectivity index (χ0v) is 16.8. The molecule has 154 valence electrons. The van der Waals surface area contributed by atoms with E-state index in [9.17, 15) is 4.79 Å². The molecule has 0 spiro atoms. The first kappa shape index (κ1) is 19.0. The van der Waals surface area contributed by atoms with E-state index in [1.807, 2.05) is 72.8 Å². The van der Waals surface area contributed by atoms with Gasteiger partial charge in [-0.15, -0.1) is 0 Å². The first-order valence-electron chi connectivity index (χ1n) is 10.2. The van der Waals surface area contributed by atoms with Crippen LogP contribution in [0.5, 0.6) is 11.5 Å². The van der Waals surface area contributed by atoms with E-state index < -0.39 is 6.10 Å². The molecular weight excluding hydrogens is 390 g/mol. The van der Waals surface area contributed by atoms with Gasteiger partial charge in [0.15, 0.2) is 11.5 Å². The first-order valence-corrected chi connectivity index (χ1v) is 10.2. The Kier molecular flexibility index (Phi) is 5.15. The average molecular weight is 411 g/mol. The fourth-order valence-electron chi connectivity index (χ4n) is 3.63. The molecule has 1 amide bonds. The molecule has 4 aromatic rings. The molecule has 1 atom stereocenters. The van der Waals surface area contributed by atoms with Gasteiger partial charge in [0.05, 0.1) is 12.8 Å². The Balaban J connectivity index is 1.42. The smallest absolute Gasteiger partial charge is 0.272 e. The number of benzene rings is 3. The highest BCUT2D eigenvalue weighted by Crippen LogP contribution is 2.32. The van der Waals surface area contributed by atoms with Crippen molar-refractivity contribution in [2.24, 2.45) is 0 Å². The van der Waals surface area contributed by atoms with E-state index in [1.54, 1.807) is 17.2 Å². The van der Waals surface area contributed by atoms with Crippen molar-refractivity contribution in [3.8, 4) is 22.6 Å². The predicted molar refractivity (Wildman–Crippen MR) is 118 cm³/mol. The largest absolute Gasteiger partial charge is 0.485 e. The second-order valence-corrected chi connectivity index (χ2v) is 7.28. The molecule has 0 unspecified atom stereocenters. The van der Waals surface area contributed by atoms with Crippen LogP contribution in [-0.4, -0.2) is 18.6 Å². The molecule has 3 aromatic carbocycles. The van der Waals surface area contributed by atoms with Gasteiger partial charge in [0.1, 0.15) is 12.4 Å². The van der Waals surface area contributed by atoms with Gasteiger partial charge < -0.3 is 18.8 Å². The van der Waals surface area contributed by atoms with Crippen molar-refractivity contribution in [3.05, 3.63) is 103 Å². The average Bonchev–Trinajstić information content (AvgIpc) is 3.36. The molecule has 0 N–H and O–H groups in total. The van der Waals surface area contributed by atoms with Crippen molar-refractivity contribution in [1.29, 1.82) is 0 Å². The number of para-hydroxylation sites is 2. The van der Waals surface area contributed by atoms with Gasteiger partial charge >= 0.3 is 0 Å². The van der Waals surface area contributed by atoms with Gasteiger partial charge in [-0.3, -0.25) is 4.79 Å². The lowest BCUT2D eigenvalue weighted by atomic mass is 10.1. The van der Waals surface area contributed by atoms with Crippen LogP contribution in [0.15, 0.2) is 102 Å². The number of rotatable bonds is 5. The third-order valence-electron chi connectivity index (χ3n) is 5.23. The highest BCUT2D eigenvalue weighted by molar-refractivity contribution is 5.97. The van der Waals surface area contributed by atoms with Crippen LogP contribution in [-0.2, 0) is 11.3 Å². The number of nitrogens with zero attached hydrogens (tertiary/aromatic N) is 1. The summed E-state index contributed by atoms with van der Waals surface area (Å²) in [5, 5.41) is 0. The van der Waals surface area contributed by atoms with Gasteiger partial charge in [0, 0.05) is 5.69 Å². The number of anilines is 1. The van der Waals surface area contributed by atoms with Crippen molar-refractivity contribution in [3.63, 3.8) is 0 Å². The van der Waals surface area contributed by atoms with Gasteiger partial charge in [-0.1, -0.05) is 54.6 Å². The summed E-state index contributed by atoms with van der Waals surface area (Å²) < 4.78 is 17.2. The minimum Gasteiger partial charge on any atom is -0.485 e. The van der Waals surface area contributed by atoms with Crippen molar-refractivity contribution < 1.29 is 18.7 Å². The van der Waals surface area contributed by atoms with Crippen LogP contribution in [0.1, 0.15) is 5.76 Å². The van der Waals surface area contributed by atoms with Gasteiger partial charge in [-0.2, -0.15) is 0 Å². The van der Waals surface area contributed by atoms with Crippen LogP contribution < -0.4 is 14.4 Å². The third-order valence-corrected chi connectivity index (χ3v) is 5.23. The molecule has 1 aliphatic heterocycles. The van der Waals surface area contributed by atoms with E-state index in [4.69, 9.17) is 13.9 Å². The summed E-state index contributed by atoms with van der Waals surface area (Å²) >= 11 is 0. The summed E-state index contributed by atoms with van der Waals surface area (Å²) in [5.74, 6) is 1.73. The third kappa shape index (κ3) is 4.03. The molecular formula is C26H21NO4. The summed E-state index contributed by atoms with van der Waals surface area (Å²) in [6.07, 6.45) is 0.867. The molecule has 0 saturated carbocycles. The second kappa shape index (κ2) is 8.40. The Morgan fingerprint density at radius 2 is 1.52 bits per heavy atom. The number of ether oxygens (including phenoxy) is 2. The number of hydrogen-bond donors (Lipinski definition) is 0. The number of hydrogen-bond acceptors (Lipinski definition) is 4. The van der Waals surface area contributed by atoms with E-state index in [1.165, 1.54) is 0 Å². The van der Waals surface area contributed by atoms with Crippen molar-refractivity contribution in [2.75, 3.05) is 11.5 Å². The Morgan fingerprint density at radius 3 is 2.26 bits per heavy atom. The second-order valence-electron chi connectivity index (χ2n) is 7.28. The summed E-state index contributed by atoms with van der Waals surface area (Å²) in [7, 11) is 0. The molecule has 0 fully saturated rings. The number of carbonyl (C=O) groups is 1. The Hall–Kier alpha value is -3.99. The lowest BCUT2D eigenvalue weighted by molar-refractivity contribution is -0.127. The Labute approximate surface area is 180 Å². The summed E-state index contributed by atoms with van der Waals surface area (Å²) in [6, 6.07) is 29.1. The van der Waals surface area contributed by atoms with Crippen molar-refractivity contribution >= 4 is 11.6 Å². The topological polar surface area (TPSA) is 51.9 Å². The quantitative estimate of drug-likeness (QED) is 0.446. The van der Waals surface area contributed by atoms with E-state index in [0.29, 0.717) is 23.8 Å². The van der Waals surface area contributed by atoms with E-state index in [-0.39, 0.29) is 12.5 Å². The van der Waals surface area contributed by atoms with E-state index >= 15 is 0 Å². The van der Waals surface area contributed by atoms with Crippen molar-refractivity contribution in [2.45, 2.75) is 12.6 Å². The molecule has 5 nitrogen and oxygen atoms in total. The van der Waals surface area contributed by atoms with Crippen LogP contribution >= 0.6 is 0 Å². The molecule has 0 bridgehead atoms. The van der Waals surface area contributed by atoms with Crippen LogP contribution in [0.4, 0.5) is 5.69 Å². The zero-order valence-electron chi connectivity index (χ0n) is 16.8. The predicted octanol–water partition coefficient (Wildman–Crippen LogP) is 5.32. The maximum atomic E-state index is 13.5. The molecule has 1 aliphatic rings. The number of fused-ring (bicyclic) bond motifs is 1. The highest BCUT2D eigenvalue weighted by atomic mass is 16.6. The van der Waals surface area contributed by atoms with Crippen LogP contribution in [0.25, 0.3) is 11.1 Å². The standard InChI is InChI=1S/C26H21NO4/c28-26(25-18-30-23-10-4-5-11-24(23)31-25)27(17-22-9-6-16-29-22)21-14-12-20(13-15-21)19-7-2-1-3-8-19/h1-16,25H,17-18H2/t25-/m1/s1. The lowest BCUT2D eigenvalue weighted by Crippen LogP contribution is -2.46. The summed E-state index contributed by atoms with van der Waals surface area (Å²) in [5.41, 5.74) is 2.98. The molecule has 2 heterocycles. The SMILES string of the molecule is O=C([C@H]1COc2ccccc2O1)N(Cc1ccco1)c1ccc(-c2ccccc2)cc1. The minimum atomic E-state index is -0.737. The fourth-order valence-corrected chi connectivity index (χ4v) is 3.63. The van der Waals surface area contributed by atoms with E-state index in [2.05, 4.69) is 12.1 Å². The highest BCUT2D eigenvalue weighted by Gasteiger charge is 2.32. The minimum absolute atomic E-state index is 0.159. The van der Waals surface area contributed by atoms with E-state index in [0.717, 1.165) is 16.8 Å². The van der Waals surface area contributed by atoms with Crippen LogP contribution in [0.2, 0.25) is 0 Å². The van der Waals surface area contributed by atoms with Gasteiger partial charge in [-0.05, 0) is 47.5 Å². The van der Waals surface area contributed by atoms with Gasteiger partial charge in [-0.25, -0.2) is 0 Å². The molecule has 1 aromatic heterocycles.